The van der Waals surface area contributed by atoms with Crippen molar-refractivity contribution in [1.29, 1.82) is 0 Å². The molecule has 0 bridgehead atoms. The quantitative estimate of drug-likeness (QED) is 0.357. The van der Waals surface area contributed by atoms with Crippen LogP contribution in [0, 0.1) is 5.82 Å². The summed E-state index contributed by atoms with van der Waals surface area (Å²) in [5, 5.41) is 1.01. The molecule has 1 unspecified atom stereocenters. The number of rotatable bonds is 0. The van der Waals surface area contributed by atoms with E-state index in [1.165, 1.54) is 12.1 Å². The van der Waals surface area contributed by atoms with Crippen molar-refractivity contribution in [3.63, 3.8) is 0 Å². The molecule has 0 aliphatic heterocycles. The van der Waals surface area contributed by atoms with Crippen molar-refractivity contribution in [2.45, 2.75) is 0 Å². The molecule has 1 aromatic carbocycles. The molecule has 1 rings (SSSR count). The molecular weight excluding hydrogens is 133 g/mol. The molecule has 0 spiro atoms. The normalized spacial score (nSPS) is 8.22. The minimum absolute atomic E-state index is 0. The standard InChI is InChI=1S/C6H6FP.BH3/c7-5-1-3-6(8)4-2-5;/h1-4H,8H2;1H3. The highest BCUT2D eigenvalue weighted by molar-refractivity contribution is 7.27. The van der Waals surface area contributed by atoms with Gasteiger partial charge in [-0.3, -0.25) is 0 Å². The molecule has 0 aromatic heterocycles. The molecule has 0 nitrogen and oxygen atoms in total. The first-order chi connectivity index (χ1) is 3.79. The Hall–Kier alpha value is -0.355. The molecule has 9 heavy (non-hydrogen) atoms. The van der Waals surface area contributed by atoms with Gasteiger partial charge in [0.2, 0.25) is 0 Å². The zero-order valence-corrected chi connectivity index (χ0v) is 5.42. The molecule has 0 heterocycles. The van der Waals surface area contributed by atoms with Crippen LogP contribution in [0.3, 0.4) is 0 Å². The van der Waals surface area contributed by atoms with E-state index in [1.54, 1.807) is 12.1 Å². The fourth-order valence-electron chi connectivity index (χ4n) is 0.463. The van der Waals surface area contributed by atoms with Gasteiger partial charge in [-0.05, 0) is 17.4 Å². The predicted molar refractivity (Wildman–Crippen MR) is 45.7 cm³/mol. The SMILES string of the molecule is B.Fc1ccc(P)cc1. The summed E-state index contributed by atoms with van der Waals surface area (Å²) >= 11 is 0. The minimum Gasteiger partial charge on any atom is -0.207 e. The van der Waals surface area contributed by atoms with Gasteiger partial charge in [-0.15, -0.1) is 9.24 Å². The first-order valence-electron chi connectivity index (χ1n) is 2.30. The van der Waals surface area contributed by atoms with E-state index in [-0.39, 0.29) is 14.2 Å². The van der Waals surface area contributed by atoms with Crippen molar-refractivity contribution in [2.75, 3.05) is 0 Å². The molecule has 48 valence electrons. The van der Waals surface area contributed by atoms with E-state index in [9.17, 15) is 4.39 Å². The highest BCUT2D eigenvalue weighted by atomic mass is 31.0. The lowest BCUT2D eigenvalue weighted by molar-refractivity contribution is 0.628. The highest BCUT2D eigenvalue weighted by Gasteiger charge is 1.83. The Morgan fingerprint density at radius 1 is 1.11 bits per heavy atom. The first-order valence-corrected chi connectivity index (χ1v) is 2.88. The second-order valence-electron chi connectivity index (χ2n) is 1.55. The van der Waals surface area contributed by atoms with Gasteiger partial charge < -0.3 is 0 Å². The van der Waals surface area contributed by atoms with Crippen LogP contribution in [0.5, 0.6) is 0 Å². The van der Waals surface area contributed by atoms with Crippen molar-refractivity contribution in [3.05, 3.63) is 30.1 Å². The van der Waals surface area contributed by atoms with E-state index in [1.807, 2.05) is 0 Å². The molecular formula is C6H9BFP. The fraction of sp³-hybridized carbons (Fsp3) is 0. The van der Waals surface area contributed by atoms with Gasteiger partial charge in [-0.25, -0.2) is 4.39 Å². The average molecular weight is 142 g/mol. The molecule has 0 fully saturated rings. The maximum atomic E-state index is 12.1. The van der Waals surface area contributed by atoms with Crippen molar-refractivity contribution in [2.24, 2.45) is 0 Å². The Kier molecular flexibility index (Phi) is 3.49. The van der Waals surface area contributed by atoms with E-state index >= 15 is 0 Å². The van der Waals surface area contributed by atoms with E-state index in [0.29, 0.717) is 0 Å². The van der Waals surface area contributed by atoms with E-state index in [0.717, 1.165) is 5.30 Å². The predicted octanol–water partition coefficient (Wildman–Crippen LogP) is 0.142. The van der Waals surface area contributed by atoms with Gasteiger partial charge in [0.1, 0.15) is 5.82 Å². The zero-order chi connectivity index (χ0) is 5.98. The molecule has 0 saturated heterocycles. The van der Waals surface area contributed by atoms with Crippen molar-refractivity contribution >= 4 is 23.0 Å². The van der Waals surface area contributed by atoms with Crippen LogP contribution in [-0.4, -0.2) is 8.41 Å². The summed E-state index contributed by atoms with van der Waals surface area (Å²) in [6.07, 6.45) is 0. The van der Waals surface area contributed by atoms with Crippen LogP contribution in [-0.2, 0) is 0 Å². The lowest BCUT2D eigenvalue weighted by Gasteiger charge is -1.86. The summed E-state index contributed by atoms with van der Waals surface area (Å²) in [5.74, 6) is -0.184. The molecule has 0 amide bonds. The summed E-state index contributed by atoms with van der Waals surface area (Å²) in [6, 6.07) is 6.28. The molecule has 0 aliphatic carbocycles. The van der Waals surface area contributed by atoms with Gasteiger partial charge in [-0.2, -0.15) is 0 Å². The molecule has 0 N–H and O–H groups in total. The second-order valence-corrected chi connectivity index (χ2v) is 2.22. The highest BCUT2D eigenvalue weighted by Crippen LogP contribution is 1.94. The molecule has 1 aromatic rings. The summed E-state index contributed by atoms with van der Waals surface area (Å²) < 4.78 is 12.1. The third-order valence-corrected chi connectivity index (χ3v) is 1.25. The van der Waals surface area contributed by atoms with Crippen LogP contribution in [0.15, 0.2) is 24.3 Å². The largest absolute Gasteiger partial charge is 0.207 e. The maximum absolute atomic E-state index is 12.1. The number of hydrogen-bond acceptors (Lipinski definition) is 0. The van der Waals surface area contributed by atoms with Gasteiger partial charge in [0.25, 0.3) is 0 Å². The zero-order valence-electron chi connectivity index (χ0n) is 4.26. The maximum Gasteiger partial charge on any atom is 0.123 e. The number of hydrogen-bond donors (Lipinski definition) is 0. The molecule has 0 saturated carbocycles. The van der Waals surface area contributed by atoms with Crippen LogP contribution in [0.25, 0.3) is 0 Å². The summed E-state index contributed by atoms with van der Waals surface area (Å²) in [7, 11) is 2.48. The Morgan fingerprint density at radius 3 is 1.89 bits per heavy atom. The lowest BCUT2D eigenvalue weighted by atomic mass is 10.4. The monoisotopic (exact) mass is 142 g/mol. The Morgan fingerprint density at radius 2 is 1.56 bits per heavy atom. The average Bonchev–Trinajstić information content (AvgIpc) is 1.77. The second kappa shape index (κ2) is 3.63. The Bertz CT molecular complexity index is 152. The van der Waals surface area contributed by atoms with Gasteiger partial charge in [0.05, 0.1) is 8.41 Å². The van der Waals surface area contributed by atoms with E-state index < -0.39 is 0 Å². The Labute approximate surface area is 58.2 Å². The molecule has 0 radical (unpaired) electrons. The topological polar surface area (TPSA) is 0 Å². The first kappa shape index (κ1) is 8.64. The molecule has 3 heteroatoms. The van der Waals surface area contributed by atoms with Crippen molar-refractivity contribution in [3.8, 4) is 0 Å². The van der Waals surface area contributed by atoms with Crippen molar-refractivity contribution < 1.29 is 4.39 Å². The van der Waals surface area contributed by atoms with Crippen LogP contribution in [0.1, 0.15) is 0 Å². The summed E-state index contributed by atoms with van der Waals surface area (Å²) in [4.78, 5) is 0. The third-order valence-electron chi connectivity index (χ3n) is 0.870. The van der Waals surface area contributed by atoms with E-state index in [4.69, 9.17) is 0 Å². The van der Waals surface area contributed by atoms with Crippen LogP contribution < -0.4 is 5.30 Å². The smallest absolute Gasteiger partial charge is 0.123 e. The molecule has 0 aliphatic rings. The van der Waals surface area contributed by atoms with Gasteiger partial charge >= 0.3 is 0 Å². The van der Waals surface area contributed by atoms with Crippen molar-refractivity contribution in [1.82, 2.24) is 0 Å². The minimum atomic E-state index is -0.184. The van der Waals surface area contributed by atoms with Crippen LogP contribution in [0.2, 0.25) is 0 Å². The summed E-state index contributed by atoms with van der Waals surface area (Å²) in [5.41, 5.74) is 0. The third kappa shape index (κ3) is 2.62. The van der Waals surface area contributed by atoms with Crippen LogP contribution in [0.4, 0.5) is 4.39 Å². The van der Waals surface area contributed by atoms with Gasteiger partial charge in [-0.1, -0.05) is 12.1 Å². The van der Waals surface area contributed by atoms with Gasteiger partial charge in [0.15, 0.2) is 0 Å². The number of halogens is 1. The lowest BCUT2D eigenvalue weighted by Crippen LogP contribution is -1.86. The van der Waals surface area contributed by atoms with E-state index in [2.05, 4.69) is 9.24 Å². The van der Waals surface area contributed by atoms with Crippen LogP contribution >= 0.6 is 9.24 Å². The molecule has 1 atom stereocenters. The fourth-order valence-corrected chi connectivity index (χ4v) is 0.655. The Balaban J connectivity index is 0.000000640. The number of benzene rings is 1. The summed E-state index contributed by atoms with van der Waals surface area (Å²) in [6.45, 7) is 0. The van der Waals surface area contributed by atoms with Gasteiger partial charge in [0, 0.05) is 0 Å².